The summed E-state index contributed by atoms with van der Waals surface area (Å²) >= 11 is 0. The standard InChI is InChI=1S/C20H27N/c1-5-20(6-2,18-13-8-7-9-14-18)19(21-4)17-12-10-11-16(3)15-17/h7-15,19,21H,5-6H2,1-4H3. The molecule has 1 heteroatoms. The van der Waals surface area contributed by atoms with Crippen molar-refractivity contribution in [1.82, 2.24) is 5.32 Å². The summed E-state index contributed by atoms with van der Waals surface area (Å²) in [7, 11) is 2.08. The Morgan fingerprint density at radius 2 is 1.62 bits per heavy atom. The maximum absolute atomic E-state index is 3.59. The van der Waals surface area contributed by atoms with E-state index < -0.39 is 0 Å². The molecule has 0 radical (unpaired) electrons. The molecule has 0 heterocycles. The third-order valence-electron chi connectivity index (χ3n) is 4.83. The second-order valence-electron chi connectivity index (χ2n) is 5.87. The van der Waals surface area contributed by atoms with Gasteiger partial charge >= 0.3 is 0 Å². The maximum atomic E-state index is 3.59. The SMILES string of the molecule is CCC(CC)(c1ccccc1)C(NC)c1cccc(C)c1. The minimum absolute atomic E-state index is 0.129. The second kappa shape index (κ2) is 6.91. The van der Waals surface area contributed by atoms with Crippen molar-refractivity contribution in [2.24, 2.45) is 0 Å². The Balaban J connectivity index is 2.54. The summed E-state index contributed by atoms with van der Waals surface area (Å²) < 4.78 is 0. The third kappa shape index (κ3) is 3.03. The predicted molar refractivity (Wildman–Crippen MR) is 91.7 cm³/mol. The predicted octanol–water partition coefficient (Wildman–Crippen LogP) is 5.01. The molecule has 0 saturated heterocycles. The van der Waals surface area contributed by atoms with E-state index >= 15 is 0 Å². The average molecular weight is 281 g/mol. The molecule has 112 valence electrons. The molecule has 2 aromatic carbocycles. The van der Waals surface area contributed by atoms with Gasteiger partial charge in [0.25, 0.3) is 0 Å². The molecular weight excluding hydrogens is 254 g/mol. The van der Waals surface area contributed by atoms with E-state index in [-0.39, 0.29) is 5.41 Å². The minimum atomic E-state index is 0.129. The smallest absolute Gasteiger partial charge is 0.0415 e. The zero-order valence-corrected chi connectivity index (χ0v) is 13.7. The summed E-state index contributed by atoms with van der Waals surface area (Å²) in [5, 5.41) is 3.59. The summed E-state index contributed by atoms with van der Waals surface area (Å²) in [5.41, 5.74) is 4.26. The molecule has 0 aliphatic rings. The number of nitrogens with one attached hydrogen (secondary N) is 1. The lowest BCUT2D eigenvalue weighted by Gasteiger charge is -2.41. The molecule has 0 spiro atoms. The molecule has 1 nitrogen and oxygen atoms in total. The summed E-state index contributed by atoms with van der Waals surface area (Å²) in [5.74, 6) is 0. The molecule has 2 rings (SSSR count). The normalized spacial score (nSPS) is 13.1. The van der Waals surface area contributed by atoms with Gasteiger partial charge in [0.2, 0.25) is 0 Å². The highest BCUT2D eigenvalue weighted by molar-refractivity contribution is 5.35. The van der Waals surface area contributed by atoms with Gasteiger partial charge in [-0.3, -0.25) is 0 Å². The third-order valence-corrected chi connectivity index (χ3v) is 4.83. The van der Waals surface area contributed by atoms with Gasteiger partial charge in [-0.25, -0.2) is 0 Å². The van der Waals surface area contributed by atoms with Crippen LogP contribution < -0.4 is 5.32 Å². The van der Waals surface area contributed by atoms with Crippen molar-refractivity contribution in [3.8, 4) is 0 Å². The lowest BCUT2D eigenvalue weighted by molar-refractivity contribution is 0.287. The highest BCUT2D eigenvalue weighted by Gasteiger charge is 2.37. The first-order valence-electron chi connectivity index (χ1n) is 7.97. The molecule has 0 amide bonds. The first kappa shape index (κ1) is 15.8. The molecule has 21 heavy (non-hydrogen) atoms. The summed E-state index contributed by atoms with van der Waals surface area (Å²) in [6, 6.07) is 20.2. The van der Waals surface area contributed by atoms with Crippen LogP contribution in [0.2, 0.25) is 0 Å². The zero-order valence-electron chi connectivity index (χ0n) is 13.7. The fourth-order valence-electron chi connectivity index (χ4n) is 3.61. The van der Waals surface area contributed by atoms with Crippen LogP contribution in [0.1, 0.15) is 49.4 Å². The van der Waals surface area contributed by atoms with Gasteiger partial charge < -0.3 is 5.32 Å². The van der Waals surface area contributed by atoms with Crippen LogP contribution in [0.15, 0.2) is 54.6 Å². The molecule has 1 N–H and O–H groups in total. The van der Waals surface area contributed by atoms with Gasteiger partial charge in [-0.05, 0) is 37.9 Å². The van der Waals surface area contributed by atoms with Gasteiger partial charge in [0, 0.05) is 11.5 Å². The number of rotatable bonds is 6. The number of aryl methyl sites for hydroxylation is 1. The quantitative estimate of drug-likeness (QED) is 0.784. The fraction of sp³-hybridized carbons (Fsp3) is 0.400. The van der Waals surface area contributed by atoms with Crippen LogP contribution in [0.4, 0.5) is 0 Å². The van der Waals surface area contributed by atoms with E-state index in [0.717, 1.165) is 12.8 Å². The van der Waals surface area contributed by atoms with Crippen molar-refractivity contribution >= 4 is 0 Å². The highest BCUT2D eigenvalue weighted by Crippen LogP contribution is 2.43. The van der Waals surface area contributed by atoms with Crippen LogP contribution in [0.5, 0.6) is 0 Å². The van der Waals surface area contributed by atoms with Crippen LogP contribution in [0.3, 0.4) is 0 Å². The first-order chi connectivity index (χ1) is 10.2. The number of benzene rings is 2. The van der Waals surface area contributed by atoms with Crippen molar-refractivity contribution in [2.75, 3.05) is 7.05 Å². The Hall–Kier alpha value is -1.60. The number of hydrogen-bond acceptors (Lipinski definition) is 1. The highest BCUT2D eigenvalue weighted by atomic mass is 14.9. The molecule has 0 aliphatic heterocycles. The van der Waals surface area contributed by atoms with E-state index in [9.17, 15) is 0 Å². The van der Waals surface area contributed by atoms with Crippen molar-refractivity contribution in [1.29, 1.82) is 0 Å². The Labute approximate surface area is 129 Å². The van der Waals surface area contributed by atoms with Gasteiger partial charge in [0.1, 0.15) is 0 Å². The fourth-order valence-corrected chi connectivity index (χ4v) is 3.61. The molecule has 2 aromatic rings. The van der Waals surface area contributed by atoms with Crippen LogP contribution in [-0.4, -0.2) is 7.05 Å². The van der Waals surface area contributed by atoms with Crippen LogP contribution in [-0.2, 0) is 5.41 Å². The Morgan fingerprint density at radius 1 is 0.952 bits per heavy atom. The van der Waals surface area contributed by atoms with Gasteiger partial charge in [-0.2, -0.15) is 0 Å². The van der Waals surface area contributed by atoms with E-state index in [0.29, 0.717) is 6.04 Å². The van der Waals surface area contributed by atoms with Crippen molar-refractivity contribution in [3.63, 3.8) is 0 Å². The Bertz CT molecular complexity index is 555. The van der Waals surface area contributed by atoms with E-state index in [1.807, 2.05) is 0 Å². The van der Waals surface area contributed by atoms with Gasteiger partial charge in [-0.1, -0.05) is 74.0 Å². The Kier molecular flexibility index (Phi) is 5.19. The van der Waals surface area contributed by atoms with Gasteiger partial charge in [0.15, 0.2) is 0 Å². The second-order valence-corrected chi connectivity index (χ2v) is 5.87. The molecule has 0 saturated carbocycles. The summed E-state index contributed by atoms with van der Waals surface area (Å²) in [6.45, 7) is 6.77. The molecule has 0 aromatic heterocycles. The van der Waals surface area contributed by atoms with Crippen molar-refractivity contribution in [2.45, 2.75) is 45.1 Å². The van der Waals surface area contributed by atoms with Crippen molar-refractivity contribution in [3.05, 3.63) is 71.3 Å². The number of likely N-dealkylation sites (N-methyl/N-ethyl adjacent to an activating group) is 1. The topological polar surface area (TPSA) is 12.0 Å². The molecular formula is C20H27N. The first-order valence-corrected chi connectivity index (χ1v) is 7.97. The molecule has 0 bridgehead atoms. The maximum Gasteiger partial charge on any atom is 0.0415 e. The van der Waals surface area contributed by atoms with Gasteiger partial charge in [-0.15, -0.1) is 0 Å². The van der Waals surface area contributed by atoms with E-state index in [1.165, 1.54) is 16.7 Å². The van der Waals surface area contributed by atoms with E-state index in [1.54, 1.807) is 0 Å². The van der Waals surface area contributed by atoms with Crippen LogP contribution in [0.25, 0.3) is 0 Å². The van der Waals surface area contributed by atoms with E-state index in [4.69, 9.17) is 0 Å². The molecule has 0 fully saturated rings. The monoisotopic (exact) mass is 281 g/mol. The largest absolute Gasteiger partial charge is 0.312 e. The molecule has 0 aliphatic carbocycles. The van der Waals surface area contributed by atoms with Gasteiger partial charge in [0.05, 0.1) is 0 Å². The minimum Gasteiger partial charge on any atom is -0.312 e. The number of hydrogen-bond donors (Lipinski definition) is 1. The Morgan fingerprint density at radius 3 is 2.14 bits per heavy atom. The van der Waals surface area contributed by atoms with Crippen molar-refractivity contribution < 1.29 is 0 Å². The van der Waals surface area contributed by atoms with Crippen LogP contribution >= 0.6 is 0 Å². The lowest BCUT2D eigenvalue weighted by atomic mass is 9.68. The zero-order chi connectivity index (χ0) is 15.3. The van der Waals surface area contributed by atoms with Crippen LogP contribution in [0, 0.1) is 6.92 Å². The lowest BCUT2D eigenvalue weighted by Crippen LogP contribution is -2.39. The molecule has 1 unspecified atom stereocenters. The average Bonchev–Trinajstić information content (AvgIpc) is 2.53. The summed E-state index contributed by atoms with van der Waals surface area (Å²) in [6.07, 6.45) is 2.24. The van der Waals surface area contributed by atoms with E-state index in [2.05, 4.69) is 87.7 Å². The summed E-state index contributed by atoms with van der Waals surface area (Å²) in [4.78, 5) is 0. The molecule has 1 atom stereocenters.